The van der Waals surface area contributed by atoms with E-state index in [4.69, 9.17) is 5.11 Å². The van der Waals surface area contributed by atoms with Gasteiger partial charge in [-0.25, -0.2) is 13.2 Å². The number of carboxylic acids is 1. The molecule has 7 nitrogen and oxygen atoms in total. The molecule has 0 aliphatic heterocycles. The van der Waals surface area contributed by atoms with Crippen molar-refractivity contribution < 1.29 is 27.9 Å². The molecule has 0 saturated heterocycles. The molecule has 0 fully saturated rings. The maximum atomic E-state index is 12.7. The van der Waals surface area contributed by atoms with Gasteiger partial charge in [0.25, 0.3) is 0 Å². The van der Waals surface area contributed by atoms with Crippen molar-refractivity contribution in [2.45, 2.75) is 25.2 Å². The van der Waals surface area contributed by atoms with Crippen molar-refractivity contribution in [2.24, 2.45) is 0 Å². The number of nitrogens with zero attached hydrogens (tertiary/aromatic N) is 1. The molecule has 0 spiro atoms. The van der Waals surface area contributed by atoms with E-state index < -0.39 is 28.5 Å². The van der Waals surface area contributed by atoms with Gasteiger partial charge in [0.05, 0.1) is 17.6 Å². The highest BCUT2D eigenvalue weighted by Crippen LogP contribution is 2.23. The summed E-state index contributed by atoms with van der Waals surface area (Å²) in [5.74, 6) is -1.88. The summed E-state index contributed by atoms with van der Waals surface area (Å²) in [6.07, 6.45) is 0.474. The smallest absolute Gasteiger partial charge is 0.338 e. The van der Waals surface area contributed by atoms with Gasteiger partial charge in [0.1, 0.15) is 6.54 Å². The van der Waals surface area contributed by atoms with Crippen LogP contribution in [0.15, 0.2) is 23.1 Å². The number of carbonyl (C=O) groups is 2. The van der Waals surface area contributed by atoms with E-state index in [2.05, 4.69) is 4.74 Å². The quantitative estimate of drug-likeness (QED) is 0.756. The van der Waals surface area contributed by atoms with E-state index in [1.807, 2.05) is 0 Å². The lowest BCUT2D eigenvalue weighted by Crippen LogP contribution is -2.36. The molecule has 1 aromatic rings. The third kappa shape index (κ3) is 3.83. The van der Waals surface area contributed by atoms with E-state index in [0.29, 0.717) is 6.42 Å². The van der Waals surface area contributed by atoms with Crippen LogP contribution in [0.4, 0.5) is 0 Å². The number of hydrogen-bond donors (Lipinski definition) is 1. The Labute approximate surface area is 129 Å². The van der Waals surface area contributed by atoms with Crippen LogP contribution in [-0.4, -0.2) is 50.0 Å². The number of ether oxygens (including phenoxy) is 1. The molecule has 0 radical (unpaired) electrons. The molecule has 0 amide bonds. The highest BCUT2D eigenvalue weighted by molar-refractivity contribution is 7.89. The average Bonchev–Trinajstić information content (AvgIpc) is 2.45. The van der Waals surface area contributed by atoms with E-state index >= 15 is 0 Å². The molecular formula is C14H19NO6S. The van der Waals surface area contributed by atoms with Crippen LogP contribution < -0.4 is 0 Å². The summed E-state index contributed by atoms with van der Waals surface area (Å²) in [5, 5.41) is 8.89. The van der Waals surface area contributed by atoms with E-state index in [1.54, 1.807) is 6.92 Å². The number of methoxy groups -OCH3 is 1. The van der Waals surface area contributed by atoms with Crippen LogP contribution in [0.5, 0.6) is 0 Å². The summed E-state index contributed by atoms with van der Waals surface area (Å²) >= 11 is 0. The fraction of sp³-hybridized carbons (Fsp3) is 0.429. The maximum absolute atomic E-state index is 12.7. The second-order valence-electron chi connectivity index (χ2n) is 4.65. The Balaban J connectivity index is 3.38. The van der Waals surface area contributed by atoms with Gasteiger partial charge in [-0.05, 0) is 31.0 Å². The zero-order valence-corrected chi connectivity index (χ0v) is 13.5. The molecular weight excluding hydrogens is 310 g/mol. The van der Waals surface area contributed by atoms with Crippen molar-refractivity contribution in [1.29, 1.82) is 0 Å². The lowest BCUT2D eigenvalue weighted by Gasteiger charge is -2.21. The summed E-state index contributed by atoms with van der Waals surface area (Å²) < 4.78 is 30.8. The molecule has 0 heterocycles. The second-order valence-corrected chi connectivity index (χ2v) is 6.56. The van der Waals surface area contributed by atoms with E-state index in [-0.39, 0.29) is 22.6 Å². The lowest BCUT2D eigenvalue weighted by molar-refractivity contribution is -0.137. The Bertz CT molecular complexity index is 668. The minimum absolute atomic E-state index is 0.0799. The van der Waals surface area contributed by atoms with Gasteiger partial charge in [0.15, 0.2) is 0 Å². The number of hydrogen-bond acceptors (Lipinski definition) is 5. The van der Waals surface area contributed by atoms with Gasteiger partial charge in [-0.3, -0.25) is 4.79 Å². The van der Waals surface area contributed by atoms with E-state index in [0.717, 1.165) is 4.31 Å². The summed E-state index contributed by atoms with van der Waals surface area (Å²) in [5.41, 5.74) is 0.371. The first-order chi connectivity index (χ1) is 10.3. The molecule has 122 valence electrons. The topological polar surface area (TPSA) is 101 Å². The lowest BCUT2D eigenvalue weighted by atomic mass is 10.1. The van der Waals surface area contributed by atoms with Gasteiger partial charge in [0, 0.05) is 6.54 Å². The van der Waals surface area contributed by atoms with Gasteiger partial charge >= 0.3 is 11.9 Å². The largest absolute Gasteiger partial charge is 0.480 e. The minimum Gasteiger partial charge on any atom is -0.480 e. The Hall–Kier alpha value is -1.93. The first-order valence-corrected chi connectivity index (χ1v) is 8.09. The van der Waals surface area contributed by atoms with Crippen LogP contribution in [0, 0.1) is 6.92 Å². The van der Waals surface area contributed by atoms with E-state index in [9.17, 15) is 18.0 Å². The van der Waals surface area contributed by atoms with Crippen molar-refractivity contribution in [1.82, 2.24) is 4.31 Å². The molecule has 1 rings (SSSR count). The second kappa shape index (κ2) is 7.37. The first kappa shape index (κ1) is 18.1. The first-order valence-electron chi connectivity index (χ1n) is 6.65. The summed E-state index contributed by atoms with van der Waals surface area (Å²) in [7, 11) is -2.80. The van der Waals surface area contributed by atoms with Crippen LogP contribution >= 0.6 is 0 Å². The van der Waals surface area contributed by atoms with Gasteiger partial charge in [-0.15, -0.1) is 0 Å². The van der Waals surface area contributed by atoms with Crippen LogP contribution in [0.3, 0.4) is 0 Å². The van der Waals surface area contributed by atoms with Crippen LogP contribution in [0.25, 0.3) is 0 Å². The third-order valence-electron chi connectivity index (χ3n) is 3.09. The van der Waals surface area contributed by atoms with Crippen molar-refractivity contribution in [3.05, 3.63) is 29.3 Å². The fourth-order valence-electron chi connectivity index (χ4n) is 2.05. The van der Waals surface area contributed by atoms with Crippen LogP contribution in [0.2, 0.25) is 0 Å². The molecule has 22 heavy (non-hydrogen) atoms. The van der Waals surface area contributed by atoms with Crippen LogP contribution in [-0.2, 0) is 19.6 Å². The number of aliphatic carboxylic acids is 1. The van der Waals surface area contributed by atoms with Gasteiger partial charge in [0.2, 0.25) is 10.0 Å². The molecule has 0 aliphatic carbocycles. The average molecular weight is 329 g/mol. The number of carbonyl (C=O) groups excluding carboxylic acids is 1. The molecule has 0 bridgehead atoms. The summed E-state index contributed by atoms with van der Waals surface area (Å²) in [6.45, 7) is 2.70. The number of rotatable bonds is 7. The fourth-order valence-corrected chi connectivity index (χ4v) is 3.78. The molecule has 1 aromatic carbocycles. The van der Waals surface area contributed by atoms with Gasteiger partial charge in [-0.1, -0.05) is 13.0 Å². The minimum atomic E-state index is -4.01. The molecule has 1 N–H and O–H groups in total. The number of carboxylic acid groups (broad SMARTS) is 1. The zero-order chi connectivity index (χ0) is 16.9. The number of benzene rings is 1. The van der Waals surface area contributed by atoms with Crippen molar-refractivity contribution >= 4 is 22.0 Å². The number of sulfonamides is 1. The molecule has 0 aliphatic rings. The summed E-state index contributed by atoms with van der Waals surface area (Å²) in [6, 6.07) is 4.24. The predicted molar refractivity (Wildman–Crippen MR) is 79.2 cm³/mol. The normalized spacial score (nSPS) is 11.5. The highest BCUT2D eigenvalue weighted by atomic mass is 32.2. The van der Waals surface area contributed by atoms with Crippen LogP contribution in [0.1, 0.15) is 29.3 Å². The predicted octanol–water partition coefficient (Wildman–Crippen LogP) is 1.27. The number of esters is 1. The Kier molecular flexibility index (Phi) is 6.07. The van der Waals surface area contributed by atoms with Crippen molar-refractivity contribution in [2.75, 3.05) is 20.2 Å². The van der Waals surface area contributed by atoms with Gasteiger partial charge < -0.3 is 9.84 Å². The summed E-state index contributed by atoms with van der Waals surface area (Å²) in [4.78, 5) is 22.5. The molecule has 0 saturated carbocycles. The SMILES string of the molecule is CCCN(CC(=O)O)S(=O)(=O)c1cccc(C(=O)OC)c1C. The highest BCUT2D eigenvalue weighted by Gasteiger charge is 2.28. The van der Waals surface area contributed by atoms with E-state index in [1.165, 1.54) is 32.2 Å². The Morgan fingerprint density at radius 3 is 2.45 bits per heavy atom. The monoisotopic (exact) mass is 329 g/mol. The molecule has 0 atom stereocenters. The standard InChI is InChI=1S/C14H19NO6S/c1-4-8-15(9-13(16)17)22(19,20)12-7-5-6-11(10(12)2)14(18)21-3/h5-7H,4,8-9H2,1-3H3,(H,16,17). The van der Waals surface area contributed by atoms with Crippen molar-refractivity contribution in [3.8, 4) is 0 Å². The molecule has 8 heteroatoms. The zero-order valence-electron chi connectivity index (χ0n) is 12.7. The Morgan fingerprint density at radius 1 is 1.32 bits per heavy atom. The molecule has 0 unspecified atom stereocenters. The van der Waals surface area contributed by atoms with Crippen molar-refractivity contribution in [3.63, 3.8) is 0 Å². The maximum Gasteiger partial charge on any atom is 0.338 e. The Morgan fingerprint density at radius 2 is 1.95 bits per heavy atom. The molecule has 0 aromatic heterocycles. The van der Waals surface area contributed by atoms with Gasteiger partial charge in [-0.2, -0.15) is 4.31 Å². The third-order valence-corrected chi connectivity index (χ3v) is 5.08.